The fourth-order valence-electron chi connectivity index (χ4n) is 1.27. The molecule has 1 heterocycles. The van der Waals surface area contributed by atoms with E-state index < -0.39 is 4.92 Å². The third-order valence-corrected chi connectivity index (χ3v) is 2.09. The molecule has 6 heteroatoms. The van der Waals surface area contributed by atoms with Crippen molar-refractivity contribution < 1.29 is 10.0 Å². The van der Waals surface area contributed by atoms with Gasteiger partial charge in [0.2, 0.25) is 5.82 Å². The average molecular weight is 225 g/mol. The first-order valence-corrected chi connectivity index (χ1v) is 5.12. The lowest BCUT2D eigenvalue weighted by molar-refractivity contribution is -0.384. The fourth-order valence-corrected chi connectivity index (χ4v) is 1.27. The van der Waals surface area contributed by atoms with Crippen LogP contribution >= 0.6 is 0 Å². The molecule has 0 unspecified atom stereocenters. The Balaban J connectivity index is 2.68. The second-order valence-corrected chi connectivity index (χ2v) is 3.43. The molecule has 88 valence electrons. The number of nitrogens with zero attached hydrogens (tertiary/aromatic N) is 2. The summed E-state index contributed by atoms with van der Waals surface area (Å²) >= 11 is 0. The largest absolute Gasteiger partial charge is 0.396 e. The average Bonchev–Trinajstić information content (AvgIpc) is 2.24. The molecule has 0 spiro atoms. The van der Waals surface area contributed by atoms with E-state index in [1.165, 1.54) is 6.07 Å². The molecular formula is C10H15N3O3. The summed E-state index contributed by atoms with van der Waals surface area (Å²) in [5, 5.41) is 22.2. The molecule has 0 aliphatic heterocycles. The van der Waals surface area contributed by atoms with Crippen molar-refractivity contribution in [3.05, 3.63) is 27.9 Å². The van der Waals surface area contributed by atoms with Gasteiger partial charge in [-0.2, -0.15) is 0 Å². The molecule has 1 aromatic rings. The summed E-state index contributed by atoms with van der Waals surface area (Å²) in [4.78, 5) is 14.3. The van der Waals surface area contributed by atoms with Crippen molar-refractivity contribution in [1.82, 2.24) is 4.98 Å². The number of aromatic nitrogens is 1. The lowest BCUT2D eigenvalue weighted by Gasteiger charge is -2.06. The second kappa shape index (κ2) is 6.02. The van der Waals surface area contributed by atoms with E-state index in [1.807, 2.05) is 0 Å². The van der Waals surface area contributed by atoms with E-state index >= 15 is 0 Å². The van der Waals surface area contributed by atoms with E-state index in [-0.39, 0.29) is 12.3 Å². The van der Waals surface area contributed by atoms with E-state index in [4.69, 9.17) is 5.11 Å². The van der Waals surface area contributed by atoms with Gasteiger partial charge in [-0.25, -0.2) is 4.98 Å². The molecule has 0 amide bonds. The van der Waals surface area contributed by atoms with Gasteiger partial charge in [-0.3, -0.25) is 10.1 Å². The van der Waals surface area contributed by atoms with Crippen LogP contribution in [0.5, 0.6) is 0 Å². The van der Waals surface area contributed by atoms with Gasteiger partial charge in [-0.1, -0.05) is 0 Å². The number of aliphatic hydroxyl groups is 1. The SMILES string of the molecule is Cc1ccc([N+](=O)[O-])c(NCCCCO)n1. The minimum Gasteiger partial charge on any atom is -0.396 e. The first kappa shape index (κ1) is 12.4. The first-order valence-electron chi connectivity index (χ1n) is 5.12. The van der Waals surface area contributed by atoms with Crippen LogP contribution in [0.2, 0.25) is 0 Å². The summed E-state index contributed by atoms with van der Waals surface area (Å²) in [6.45, 7) is 2.48. The van der Waals surface area contributed by atoms with E-state index in [0.717, 1.165) is 12.1 Å². The number of unbranched alkanes of at least 4 members (excludes halogenated alkanes) is 1. The Hall–Kier alpha value is -1.69. The number of anilines is 1. The number of hydrogen-bond donors (Lipinski definition) is 2. The highest BCUT2D eigenvalue weighted by atomic mass is 16.6. The van der Waals surface area contributed by atoms with Gasteiger partial charge in [0.05, 0.1) is 4.92 Å². The molecule has 2 N–H and O–H groups in total. The third kappa shape index (κ3) is 3.47. The van der Waals surface area contributed by atoms with Crippen LogP contribution in [-0.4, -0.2) is 28.2 Å². The molecule has 0 radical (unpaired) electrons. The topological polar surface area (TPSA) is 88.3 Å². The fraction of sp³-hybridized carbons (Fsp3) is 0.500. The van der Waals surface area contributed by atoms with Gasteiger partial charge in [0.25, 0.3) is 0 Å². The van der Waals surface area contributed by atoms with Crippen molar-refractivity contribution in [2.75, 3.05) is 18.5 Å². The molecule has 0 saturated heterocycles. The monoisotopic (exact) mass is 225 g/mol. The van der Waals surface area contributed by atoms with E-state index in [0.29, 0.717) is 18.8 Å². The Morgan fingerprint density at radius 2 is 2.25 bits per heavy atom. The van der Waals surface area contributed by atoms with Crippen LogP contribution in [0.25, 0.3) is 0 Å². The van der Waals surface area contributed by atoms with Gasteiger partial charge in [-0.15, -0.1) is 0 Å². The van der Waals surface area contributed by atoms with Crippen molar-refractivity contribution in [1.29, 1.82) is 0 Å². The Labute approximate surface area is 93.5 Å². The van der Waals surface area contributed by atoms with Crippen LogP contribution in [0.15, 0.2) is 12.1 Å². The van der Waals surface area contributed by atoms with Gasteiger partial charge in [0.1, 0.15) is 0 Å². The number of nitro groups is 1. The Kier molecular flexibility index (Phi) is 4.65. The van der Waals surface area contributed by atoms with Crippen molar-refractivity contribution in [3.8, 4) is 0 Å². The molecule has 6 nitrogen and oxygen atoms in total. The zero-order valence-corrected chi connectivity index (χ0v) is 9.14. The number of nitrogens with one attached hydrogen (secondary N) is 1. The van der Waals surface area contributed by atoms with Crippen LogP contribution in [0, 0.1) is 17.0 Å². The standard InChI is InChI=1S/C10H15N3O3/c1-8-4-5-9(13(15)16)10(12-8)11-6-2-3-7-14/h4-5,14H,2-3,6-7H2,1H3,(H,11,12). The van der Waals surface area contributed by atoms with Gasteiger partial charge >= 0.3 is 5.69 Å². The summed E-state index contributed by atoms with van der Waals surface area (Å²) in [7, 11) is 0. The highest BCUT2D eigenvalue weighted by Crippen LogP contribution is 2.21. The molecule has 0 aliphatic carbocycles. The lowest BCUT2D eigenvalue weighted by atomic mass is 10.3. The third-order valence-electron chi connectivity index (χ3n) is 2.09. The van der Waals surface area contributed by atoms with Crippen molar-refractivity contribution in [3.63, 3.8) is 0 Å². The number of pyridine rings is 1. The zero-order valence-electron chi connectivity index (χ0n) is 9.14. The van der Waals surface area contributed by atoms with Crippen LogP contribution in [0.3, 0.4) is 0 Å². The smallest absolute Gasteiger partial charge is 0.311 e. The van der Waals surface area contributed by atoms with Gasteiger partial charge in [0.15, 0.2) is 0 Å². The predicted molar refractivity (Wildman–Crippen MR) is 60.4 cm³/mol. The Morgan fingerprint density at radius 3 is 2.88 bits per heavy atom. The molecule has 0 saturated carbocycles. The normalized spacial score (nSPS) is 10.1. The van der Waals surface area contributed by atoms with E-state index in [2.05, 4.69) is 10.3 Å². The predicted octanol–water partition coefficient (Wildman–Crippen LogP) is 1.48. The number of aryl methyl sites for hydroxylation is 1. The zero-order chi connectivity index (χ0) is 12.0. The summed E-state index contributed by atoms with van der Waals surface area (Å²) in [5.74, 6) is 0.294. The second-order valence-electron chi connectivity index (χ2n) is 3.43. The molecule has 1 rings (SSSR count). The van der Waals surface area contributed by atoms with E-state index in [9.17, 15) is 10.1 Å². The maximum absolute atomic E-state index is 10.7. The summed E-state index contributed by atoms with van der Waals surface area (Å²) in [5.41, 5.74) is 0.713. The maximum atomic E-state index is 10.7. The Bertz CT molecular complexity index is 368. The molecule has 1 aromatic heterocycles. The number of hydrogen-bond acceptors (Lipinski definition) is 5. The maximum Gasteiger partial charge on any atom is 0.311 e. The van der Waals surface area contributed by atoms with Crippen LogP contribution in [0.1, 0.15) is 18.5 Å². The lowest BCUT2D eigenvalue weighted by Crippen LogP contribution is -2.07. The van der Waals surface area contributed by atoms with Gasteiger partial charge < -0.3 is 10.4 Å². The van der Waals surface area contributed by atoms with Crippen LogP contribution in [-0.2, 0) is 0 Å². The highest BCUT2D eigenvalue weighted by Gasteiger charge is 2.14. The van der Waals surface area contributed by atoms with Crippen molar-refractivity contribution in [2.24, 2.45) is 0 Å². The van der Waals surface area contributed by atoms with Crippen molar-refractivity contribution in [2.45, 2.75) is 19.8 Å². The minimum absolute atomic E-state index is 0.0189. The molecule has 0 aliphatic rings. The molecule has 16 heavy (non-hydrogen) atoms. The summed E-state index contributed by atoms with van der Waals surface area (Å²) < 4.78 is 0. The summed E-state index contributed by atoms with van der Waals surface area (Å²) in [6, 6.07) is 3.05. The van der Waals surface area contributed by atoms with Crippen LogP contribution in [0.4, 0.5) is 11.5 Å². The first-order chi connectivity index (χ1) is 7.65. The minimum atomic E-state index is -0.458. The molecular weight excluding hydrogens is 210 g/mol. The Morgan fingerprint density at radius 1 is 1.50 bits per heavy atom. The number of aliphatic hydroxyl groups excluding tert-OH is 1. The van der Waals surface area contributed by atoms with Gasteiger partial charge in [0, 0.05) is 24.9 Å². The molecule has 0 atom stereocenters. The molecule has 0 aromatic carbocycles. The number of rotatable bonds is 6. The summed E-state index contributed by atoms with van der Waals surface area (Å²) in [6.07, 6.45) is 1.43. The quantitative estimate of drug-likeness (QED) is 0.435. The van der Waals surface area contributed by atoms with Crippen molar-refractivity contribution >= 4 is 11.5 Å². The molecule has 0 bridgehead atoms. The molecule has 0 fully saturated rings. The highest BCUT2D eigenvalue weighted by molar-refractivity contribution is 5.55. The van der Waals surface area contributed by atoms with Gasteiger partial charge in [-0.05, 0) is 25.8 Å². The van der Waals surface area contributed by atoms with Crippen LogP contribution < -0.4 is 5.32 Å². The van der Waals surface area contributed by atoms with E-state index in [1.54, 1.807) is 13.0 Å².